The minimum absolute atomic E-state index is 0.0956. The zero-order chi connectivity index (χ0) is 19.9. The summed E-state index contributed by atoms with van der Waals surface area (Å²) >= 11 is 0. The summed E-state index contributed by atoms with van der Waals surface area (Å²) < 4.78 is 0. The Morgan fingerprint density at radius 1 is 1.00 bits per heavy atom. The standard InChI is InChI=1S/C20H30N6O/c1-6-21-17-13-18(25-14(2)24-17)22-11-12-23-19(27)26-16-9-7-15(8-10-16)20(3,4)5/h7-10,13H,6,11-12H2,1-5H3,(H2,23,26,27)(H2,21,22,24,25). The van der Waals surface area contributed by atoms with Gasteiger partial charge in [-0.05, 0) is 37.0 Å². The largest absolute Gasteiger partial charge is 0.370 e. The van der Waals surface area contributed by atoms with Gasteiger partial charge in [0, 0.05) is 31.4 Å². The van der Waals surface area contributed by atoms with Gasteiger partial charge in [-0.15, -0.1) is 0 Å². The third-order valence-electron chi connectivity index (χ3n) is 3.92. The van der Waals surface area contributed by atoms with E-state index in [1.807, 2.05) is 44.2 Å². The average Bonchev–Trinajstić information content (AvgIpc) is 2.58. The summed E-state index contributed by atoms with van der Waals surface area (Å²) in [6.45, 7) is 12.2. The molecule has 0 saturated heterocycles. The van der Waals surface area contributed by atoms with Gasteiger partial charge < -0.3 is 21.3 Å². The van der Waals surface area contributed by atoms with Crippen LogP contribution in [0.2, 0.25) is 0 Å². The minimum Gasteiger partial charge on any atom is -0.370 e. The van der Waals surface area contributed by atoms with Gasteiger partial charge in [-0.1, -0.05) is 32.9 Å². The van der Waals surface area contributed by atoms with Gasteiger partial charge in [-0.2, -0.15) is 0 Å². The second-order valence-electron chi connectivity index (χ2n) is 7.35. The number of rotatable bonds is 7. The van der Waals surface area contributed by atoms with Crippen LogP contribution in [-0.2, 0) is 5.41 Å². The molecule has 0 atom stereocenters. The Bertz CT molecular complexity index is 752. The summed E-state index contributed by atoms with van der Waals surface area (Å²) in [6.07, 6.45) is 0. The molecule has 1 aromatic carbocycles. The lowest BCUT2D eigenvalue weighted by molar-refractivity contribution is 0.252. The van der Waals surface area contributed by atoms with E-state index >= 15 is 0 Å². The lowest BCUT2D eigenvalue weighted by Crippen LogP contribution is -2.32. The maximum absolute atomic E-state index is 12.0. The number of aryl methyl sites for hydroxylation is 1. The Morgan fingerprint density at radius 3 is 2.22 bits per heavy atom. The molecule has 2 rings (SSSR count). The Balaban J connectivity index is 1.76. The van der Waals surface area contributed by atoms with Gasteiger partial charge in [0.25, 0.3) is 0 Å². The van der Waals surface area contributed by atoms with E-state index in [2.05, 4.69) is 52.0 Å². The number of nitrogens with one attached hydrogen (secondary N) is 4. The fraction of sp³-hybridized carbons (Fsp3) is 0.450. The van der Waals surface area contributed by atoms with Gasteiger partial charge in [0.15, 0.2) is 0 Å². The summed E-state index contributed by atoms with van der Waals surface area (Å²) in [7, 11) is 0. The second kappa shape index (κ2) is 9.21. The van der Waals surface area contributed by atoms with Crippen molar-refractivity contribution in [2.45, 2.75) is 40.0 Å². The first kappa shape index (κ1) is 20.5. The number of aromatic nitrogens is 2. The molecule has 4 N–H and O–H groups in total. The SMILES string of the molecule is CCNc1cc(NCCNC(=O)Nc2ccc(C(C)(C)C)cc2)nc(C)n1. The van der Waals surface area contributed by atoms with E-state index in [0.29, 0.717) is 18.9 Å². The summed E-state index contributed by atoms with van der Waals surface area (Å²) in [5.41, 5.74) is 2.10. The van der Waals surface area contributed by atoms with Crippen LogP contribution in [0.5, 0.6) is 0 Å². The van der Waals surface area contributed by atoms with Crippen molar-refractivity contribution >= 4 is 23.4 Å². The van der Waals surface area contributed by atoms with Crippen molar-refractivity contribution in [3.8, 4) is 0 Å². The predicted molar refractivity (Wildman–Crippen MR) is 112 cm³/mol. The second-order valence-corrected chi connectivity index (χ2v) is 7.35. The molecule has 1 aromatic heterocycles. The Morgan fingerprint density at radius 2 is 1.63 bits per heavy atom. The molecule has 0 aliphatic carbocycles. The number of hydrogen-bond acceptors (Lipinski definition) is 5. The van der Waals surface area contributed by atoms with Crippen LogP contribution in [-0.4, -0.2) is 35.6 Å². The van der Waals surface area contributed by atoms with E-state index in [9.17, 15) is 4.79 Å². The fourth-order valence-corrected chi connectivity index (χ4v) is 2.53. The van der Waals surface area contributed by atoms with E-state index in [0.717, 1.165) is 23.9 Å². The number of carbonyl (C=O) groups is 1. The number of benzene rings is 1. The van der Waals surface area contributed by atoms with Crippen LogP contribution in [0.15, 0.2) is 30.3 Å². The zero-order valence-corrected chi connectivity index (χ0v) is 16.8. The molecule has 2 aromatic rings. The third kappa shape index (κ3) is 6.77. The van der Waals surface area contributed by atoms with Crippen LogP contribution in [0.3, 0.4) is 0 Å². The smallest absolute Gasteiger partial charge is 0.319 e. The van der Waals surface area contributed by atoms with Crippen LogP contribution in [0.25, 0.3) is 0 Å². The topological polar surface area (TPSA) is 91.0 Å². The molecule has 146 valence electrons. The summed E-state index contributed by atoms with van der Waals surface area (Å²) in [5, 5.41) is 12.0. The van der Waals surface area contributed by atoms with Crippen molar-refractivity contribution in [2.75, 3.05) is 35.6 Å². The van der Waals surface area contributed by atoms with E-state index in [1.165, 1.54) is 5.56 Å². The number of amides is 2. The van der Waals surface area contributed by atoms with Gasteiger partial charge in [-0.3, -0.25) is 0 Å². The number of urea groups is 1. The molecular weight excluding hydrogens is 340 g/mol. The van der Waals surface area contributed by atoms with Crippen molar-refractivity contribution in [1.82, 2.24) is 15.3 Å². The fourth-order valence-electron chi connectivity index (χ4n) is 2.53. The molecule has 0 unspecified atom stereocenters. The first-order chi connectivity index (χ1) is 12.8. The molecule has 0 radical (unpaired) electrons. The quantitative estimate of drug-likeness (QED) is 0.557. The number of anilines is 3. The highest BCUT2D eigenvalue weighted by Crippen LogP contribution is 2.23. The van der Waals surface area contributed by atoms with Crippen LogP contribution in [0, 0.1) is 6.92 Å². The Hall–Kier alpha value is -2.83. The summed E-state index contributed by atoms with van der Waals surface area (Å²) in [5.74, 6) is 2.22. The molecule has 7 nitrogen and oxygen atoms in total. The summed E-state index contributed by atoms with van der Waals surface area (Å²) in [4.78, 5) is 20.7. The molecule has 0 aliphatic rings. The van der Waals surface area contributed by atoms with Crippen molar-refractivity contribution in [2.24, 2.45) is 0 Å². The van der Waals surface area contributed by atoms with Crippen molar-refractivity contribution < 1.29 is 4.79 Å². The molecule has 1 heterocycles. The average molecular weight is 371 g/mol. The molecule has 2 amide bonds. The van der Waals surface area contributed by atoms with Crippen LogP contribution in [0.1, 0.15) is 39.1 Å². The molecule has 0 spiro atoms. The molecule has 0 aliphatic heterocycles. The zero-order valence-electron chi connectivity index (χ0n) is 16.8. The van der Waals surface area contributed by atoms with Crippen molar-refractivity contribution in [3.05, 3.63) is 41.7 Å². The van der Waals surface area contributed by atoms with Gasteiger partial charge >= 0.3 is 6.03 Å². The van der Waals surface area contributed by atoms with Gasteiger partial charge in [0.1, 0.15) is 17.5 Å². The maximum atomic E-state index is 12.0. The number of nitrogens with zero attached hydrogens (tertiary/aromatic N) is 2. The van der Waals surface area contributed by atoms with E-state index in [1.54, 1.807) is 0 Å². The highest BCUT2D eigenvalue weighted by molar-refractivity contribution is 5.89. The lowest BCUT2D eigenvalue weighted by Gasteiger charge is -2.19. The summed E-state index contributed by atoms with van der Waals surface area (Å²) in [6, 6.07) is 9.54. The van der Waals surface area contributed by atoms with E-state index in [-0.39, 0.29) is 11.4 Å². The van der Waals surface area contributed by atoms with Gasteiger partial charge in [-0.25, -0.2) is 14.8 Å². The predicted octanol–water partition coefficient (Wildman–Crippen LogP) is 3.75. The van der Waals surface area contributed by atoms with Gasteiger partial charge in [0.05, 0.1) is 0 Å². The molecule has 0 bridgehead atoms. The molecule has 27 heavy (non-hydrogen) atoms. The normalized spacial score (nSPS) is 11.0. The Kier molecular flexibility index (Phi) is 6.98. The van der Waals surface area contributed by atoms with Crippen molar-refractivity contribution in [3.63, 3.8) is 0 Å². The van der Waals surface area contributed by atoms with Crippen LogP contribution >= 0.6 is 0 Å². The van der Waals surface area contributed by atoms with E-state index in [4.69, 9.17) is 0 Å². The molecular formula is C20H30N6O. The first-order valence-electron chi connectivity index (χ1n) is 9.27. The maximum Gasteiger partial charge on any atom is 0.319 e. The Labute approximate surface area is 161 Å². The molecule has 0 saturated carbocycles. The van der Waals surface area contributed by atoms with Gasteiger partial charge in [0.2, 0.25) is 0 Å². The third-order valence-corrected chi connectivity index (χ3v) is 3.92. The highest BCUT2D eigenvalue weighted by atomic mass is 16.2. The van der Waals surface area contributed by atoms with Crippen molar-refractivity contribution in [1.29, 1.82) is 0 Å². The number of hydrogen-bond donors (Lipinski definition) is 4. The number of carbonyl (C=O) groups excluding carboxylic acids is 1. The first-order valence-corrected chi connectivity index (χ1v) is 9.27. The lowest BCUT2D eigenvalue weighted by atomic mass is 9.87. The molecule has 7 heteroatoms. The molecule has 0 fully saturated rings. The van der Waals surface area contributed by atoms with Crippen LogP contribution in [0.4, 0.5) is 22.1 Å². The van der Waals surface area contributed by atoms with E-state index < -0.39 is 0 Å². The van der Waals surface area contributed by atoms with Crippen LogP contribution < -0.4 is 21.3 Å². The minimum atomic E-state index is -0.229. The highest BCUT2D eigenvalue weighted by Gasteiger charge is 2.13. The monoisotopic (exact) mass is 370 g/mol.